The van der Waals surface area contributed by atoms with E-state index in [-0.39, 0.29) is 12.4 Å². The molecule has 4 nitrogen and oxygen atoms in total. The fraction of sp³-hybridized carbons (Fsp3) is 0.333. The zero-order chi connectivity index (χ0) is 7.40. The number of ether oxygens (including phenoxy) is 1. The summed E-state index contributed by atoms with van der Waals surface area (Å²) in [6.45, 7) is 0.393. The average molecular weight is 176 g/mol. The molecule has 1 aromatic heterocycles. The molecule has 0 saturated carbocycles. The van der Waals surface area contributed by atoms with Crippen molar-refractivity contribution in [2.75, 3.05) is 7.11 Å². The number of rotatable bonds is 2. The van der Waals surface area contributed by atoms with Gasteiger partial charge >= 0.3 is 0 Å². The smallest absolute Gasteiger partial charge is 0.232 e. The molecular formula is C6H10ClN3O. The maximum Gasteiger partial charge on any atom is 0.232 e. The second-order valence-corrected chi connectivity index (χ2v) is 1.76. The van der Waals surface area contributed by atoms with Crippen LogP contribution in [-0.4, -0.2) is 17.1 Å². The fourth-order valence-corrected chi connectivity index (χ4v) is 0.583. The predicted octanol–water partition coefficient (Wildman–Crippen LogP) is 0.366. The molecule has 0 unspecified atom stereocenters. The highest BCUT2D eigenvalue weighted by Crippen LogP contribution is 2.01. The number of nitrogens with two attached hydrogens (primary N) is 1. The number of halogens is 1. The lowest BCUT2D eigenvalue weighted by atomic mass is 10.5. The largest absolute Gasteiger partial charge is 0.480 e. The van der Waals surface area contributed by atoms with E-state index in [1.807, 2.05) is 0 Å². The van der Waals surface area contributed by atoms with E-state index in [1.165, 1.54) is 0 Å². The van der Waals surface area contributed by atoms with Gasteiger partial charge in [0.25, 0.3) is 0 Å². The van der Waals surface area contributed by atoms with Crippen molar-refractivity contribution < 1.29 is 4.74 Å². The first-order valence-corrected chi connectivity index (χ1v) is 2.92. The van der Waals surface area contributed by atoms with Gasteiger partial charge in [-0.25, -0.2) is 4.98 Å². The van der Waals surface area contributed by atoms with Crippen LogP contribution >= 0.6 is 12.4 Å². The van der Waals surface area contributed by atoms with E-state index in [2.05, 4.69) is 9.97 Å². The van der Waals surface area contributed by atoms with Crippen molar-refractivity contribution in [1.82, 2.24) is 9.97 Å². The molecule has 0 bridgehead atoms. The van der Waals surface area contributed by atoms with Crippen molar-refractivity contribution >= 4 is 12.4 Å². The van der Waals surface area contributed by atoms with Gasteiger partial charge in [0.2, 0.25) is 5.88 Å². The van der Waals surface area contributed by atoms with E-state index < -0.39 is 0 Å². The number of nitrogens with zero attached hydrogens (tertiary/aromatic N) is 2. The van der Waals surface area contributed by atoms with Crippen molar-refractivity contribution in [1.29, 1.82) is 0 Å². The minimum absolute atomic E-state index is 0. The van der Waals surface area contributed by atoms with E-state index in [0.717, 1.165) is 5.69 Å². The van der Waals surface area contributed by atoms with E-state index in [1.54, 1.807) is 19.5 Å². The van der Waals surface area contributed by atoms with Gasteiger partial charge in [0.05, 0.1) is 19.0 Å². The summed E-state index contributed by atoms with van der Waals surface area (Å²) in [6.07, 6.45) is 3.15. The number of aromatic nitrogens is 2. The summed E-state index contributed by atoms with van der Waals surface area (Å²) >= 11 is 0. The van der Waals surface area contributed by atoms with Crippen LogP contribution in [0, 0.1) is 0 Å². The Balaban J connectivity index is 0.000001000. The van der Waals surface area contributed by atoms with Crippen molar-refractivity contribution in [3.8, 4) is 5.88 Å². The minimum Gasteiger partial charge on any atom is -0.480 e. The van der Waals surface area contributed by atoms with Crippen molar-refractivity contribution in [2.45, 2.75) is 6.54 Å². The van der Waals surface area contributed by atoms with Crippen LogP contribution in [0.1, 0.15) is 5.69 Å². The van der Waals surface area contributed by atoms with E-state index in [4.69, 9.17) is 10.5 Å². The van der Waals surface area contributed by atoms with E-state index in [0.29, 0.717) is 12.4 Å². The Labute approximate surface area is 71.2 Å². The molecule has 0 aliphatic carbocycles. The normalized spacial score (nSPS) is 8.55. The molecule has 0 spiro atoms. The molecular weight excluding hydrogens is 166 g/mol. The summed E-state index contributed by atoms with van der Waals surface area (Å²) in [5.41, 5.74) is 6.05. The van der Waals surface area contributed by atoms with Crippen molar-refractivity contribution in [3.05, 3.63) is 18.1 Å². The standard InChI is InChI=1S/C6H9N3O.ClH/c1-10-6-4-8-3-5(2-7)9-6;/h3-4H,2,7H2,1H3;1H. The van der Waals surface area contributed by atoms with Crippen LogP contribution in [0.2, 0.25) is 0 Å². The van der Waals surface area contributed by atoms with Crippen LogP contribution in [0.5, 0.6) is 5.88 Å². The maximum atomic E-state index is 5.32. The lowest BCUT2D eigenvalue weighted by Gasteiger charge is -1.98. The van der Waals surface area contributed by atoms with Crippen molar-refractivity contribution in [3.63, 3.8) is 0 Å². The molecule has 11 heavy (non-hydrogen) atoms. The van der Waals surface area contributed by atoms with Crippen LogP contribution in [-0.2, 0) is 6.54 Å². The molecule has 0 amide bonds. The average Bonchev–Trinajstić information content (AvgIpc) is 2.05. The predicted molar refractivity (Wildman–Crippen MR) is 43.7 cm³/mol. The molecule has 0 aliphatic rings. The van der Waals surface area contributed by atoms with E-state index in [9.17, 15) is 0 Å². The van der Waals surface area contributed by atoms with Crippen LogP contribution < -0.4 is 10.5 Å². The molecule has 1 heterocycles. The Morgan fingerprint density at radius 2 is 2.27 bits per heavy atom. The summed E-state index contributed by atoms with van der Waals surface area (Å²) in [6, 6.07) is 0. The molecule has 0 radical (unpaired) electrons. The van der Waals surface area contributed by atoms with Crippen molar-refractivity contribution in [2.24, 2.45) is 5.73 Å². The van der Waals surface area contributed by atoms with Crippen LogP contribution in [0.3, 0.4) is 0 Å². The lowest BCUT2D eigenvalue weighted by molar-refractivity contribution is 0.394. The number of methoxy groups -OCH3 is 1. The zero-order valence-electron chi connectivity index (χ0n) is 6.15. The Morgan fingerprint density at radius 1 is 1.55 bits per heavy atom. The van der Waals surface area contributed by atoms with Gasteiger partial charge in [0.1, 0.15) is 0 Å². The topological polar surface area (TPSA) is 61.0 Å². The molecule has 0 atom stereocenters. The molecule has 62 valence electrons. The zero-order valence-corrected chi connectivity index (χ0v) is 6.97. The Bertz CT molecular complexity index is 199. The highest BCUT2D eigenvalue weighted by Gasteiger charge is 1.93. The monoisotopic (exact) mass is 175 g/mol. The molecule has 0 saturated heterocycles. The first-order chi connectivity index (χ1) is 4.86. The number of hydrogen-bond acceptors (Lipinski definition) is 4. The summed E-state index contributed by atoms with van der Waals surface area (Å²) in [4.78, 5) is 7.86. The number of hydrogen-bond donors (Lipinski definition) is 1. The third-order valence-electron chi connectivity index (χ3n) is 1.08. The second kappa shape index (κ2) is 4.87. The quantitative estimate of drug-likeness (QED) is 0.706. The van der Waals surface area contributed by atoms with Gasteiger partial charge in [0.15, 0.2) is 0 Å². The Kier molecular flexibility index (Phi) is 4.49. The first kappa shape index (κ1) is 10.1. The summed E-state index contributed by atoms with van der Waals surface area (Å²) in [5.74, 6) is 0.503. The molecule has 0 fully saturated rings. The third-order valence-corrected chi connectivity index (χ3v) is 1.08. The second-order valence-electron chi connectivity index (χ2n) is 1.76. The van der Waals surface area contributed by atoms with Gasteiger partial charge in [-0.3, -0.25) is 4.98 Å². The lowest BCUT2D eigenvalue weighted by Crippen LogP contribution is -2.01. The molecule has 2 N–H and O–H groups in total. The highest BCUT2D eigenvalue weighted by atomic mass is 35.5. The summed E-state index contributed by atoms with van der Waals surface area (Å²) in [7, 11) is 1.55. The van der Waals surface area contributed by atoms with Crippen LogP contribution in [0.25, 0.3) is 0 Å². The first-order valence-electron chi connectivity index (χ1n) is 2.92. The van der Waals surface area contributed by atoms with Gasteiger partial charge < -0.3 is 10.5 Å². The molecule has 0 aliphatic heterocycles. The maximum absolute atomic E-state index is 5.32. The van der Waals surface area contributed by atoms with Crippen LogP contribution in [0.15, 0.2) is 12.4 Å². The van der Waals surface area contributed by atoms with Gasteiger partial charge in [-0.1, -0.05) is 0 Å². The highest BCUT2D eigenvalue weighted by molar-refractivity contribution is 5.85. The molecule has 1 rings (SSSR count). The Hall–Kier alpha value is -0.870. The molecule has 0 aromatic carbocycles. The minimum atomic E-state index is 0. The van der Waals surface area contributed by atoms with Gasteiger partial charge in [-0.05, 0) is 0 Å². The molecule has 5 heteroatoms. The van der Waals surface area contributed by atoms with Crippen LogP contribution in [0.4, 0.5) is 0 Å². The Morgan fingerprint density at radius 3 is 2.82 bits per heavy atom. The van der Waals surface area contributed by atoms with Gasteiger partial charge in [-0.15, -0.1) is 12.4 Å². The van der Waals surface area contributed by atoms with E-state index >= 15 is 0 Å². The van der Waals surface area contributed by atoms with Gasteiger partial charge in [0, 0.05) is 12.7 Å². The fourth-order valence-electron chi connectivity index (χ4n) is 0.583. The molecule has 1 aromatic rings. The summed E-state index contributed by atoms with van der Waals surface area (Å²) in [5, 5.41) is 0. The third kappa shape index (κ3) is 2.69. The van der Waals surface area contributed by atoms with Gasteiger partial charge in [-0.2, -0.15) is 0 Å². The SMILES string of the molecule is COc1cncc(CN)n1.Cl. The summed E-state index contributed by atoms with van der Waals surface area (Å²) < 4.78 is 4.83.